The van der Waals surface area contributed by atoms with E-state index >= 15 is 0 Å². The molecule has 0 spiro atoms. The minimum atomic E-state index is 0.205. The first-order chi connectivity index (χ1) is 7.72. The molecule has 1 aromatic heterocycles. The second-order valence-electron chi connectivity index (χ2n) is 4.87. The smallest absolute Gasteiger partial charge is 0.201 e. The van der Waals surface area contributed by atoms with E-state index < -0.39 is 0 Å². The van der Waals surface area contributed by atoms with E-state index in [1.807, 2.05) is 17.7 Å². The number of carbonyl (C=O) groups excluding carboxylic acids is 1. The molecule has 16 heavy (non-hydrogen) atoms. The Bertz CT molecular complexity index is 370. The molecular formula is C13H20N2O. The predicted molar refractivity (Wildman–Crippen MR) is 63.4 cm³/mol. The molecule has 1 aromatic rings. The molecule has 0 aromatic carbocycles. The molecular weight excluding hydrogens is 200 g/mol. The molecule has 0 saturated heterocycles. The molecule has 3 nitrogen and oxygen atoms in total. The van der Waals surface area contributed by atoms with Gasteiger partial charge < -0.3 is 4.57 Å². The first-order valence-corrected chi connectivity index (χ1v) is 6.27. The average molecular weight is 220 g/mol. The normalized spacial score (nSPS) is 25.6. The number of Topliss-reactive ketones (excluding diaryl/α,β-unsaturated/α-hetero) is 1. The molecule has 1 heterocycles. The van der Waals surface area contributed by atoms with Crippen LogP contribution in [-0.4, -0.2) is 15.3 Å². The first kappa shape index (κ1) is 11.4. The molecule has 2 rings (SSSR count). The summed E-state index contributed by atoms with van der Waals surface area (Å²) in [6.07, 6.45) is 8.15. The first-order valence-electron chi connectivity index (χ1n) is 6.27. The Balaban J connectivity index is 2.12. The summed E-state index contributed by atoms with van der Waals surface area (Å²) in [6, 6.07) is 0. The zero-order valence-electron chi connectivity index (χ0n) is 10.1. The number of rotatable bonds is 3. The molecule has 2 unspecified atom stereocenters. The summed E-state index contributed by atoms with van der Waals surface area (Å²) < 4.78 is 1.95. The number of carbonyl (C=O) groups is 1. The average Bonchev–Trinajstić information content (AvgIpc) is 2.76. The highest BCUT2D eigenvalue weighted by molar-refractivity contribution is 5.94. The Kier molecular flexibility index (Phi) is 3.42. The van der Waals surface area contributed by atoms with Crippen LogP contribution in [-0.2, 0) is 6.54 Å². The minimum absolute atomic E-state index is 0.205. The Morgan fingerprint density at radius 2 is 2.38 bits per heavy atom. The SMILES string of the molecule is CCn1ccnc1C(=O)C1CCCC(C)C1. The van der Waals surface area contributed by atoms with Gasteiger partial charge in [0.15, 0.2) is 5.82 Å². The highest BCUT2D eigenvalue weighted by Crippen LogP contribution is 2.30. The summed E-state index contributed by atoms with van der Waals surface area (Å²) in [4.78, 5) is 16.5. The van der Waals surface area contributed by atoms with Crippen molar-refractivity contribution in [3.8, 4) is 0 Å². The van der Waals surface area contributed by atoms with Crippen LogP contribution in [0.15, 0.2) is 12.4 Å². The van der Waals surface area contributed by atoms with Crippen LogP contribution in [0.3, 0.4) is 0 Å². The van der Waals surface area contributed by atoms with Gasteiger partial charge in [-0.15, -0.1) is 0 Å². The number of ketones is 1. The lowest BCUT2D eigenvalue weighted by Gasteiger charge is -2.25. The third-order valence-corrected chi connectivity index (χ3v) is 3.58. The van der Waals surface area contributed by atoms with Gasteiger partial charge in [0.2, 0.25) is 5.78 Å². The van der Waals surface area contributed by atoms with Crippen LogP contribution in [0.5, 0.6) is 0 Å². The second kappa shape index (κ2) is 4.81. The lowest BCUT2D eigenvalue weighted by Crippen LogP contribution is -2.24. The van der Waals surface area contributed by atoms with Crippen molar-refractivity contribution in [3.05, 3.63) is 18.2 Å². The van der Waals surface area contributed by atoms with Crippen LogP contribution < -0.4 is 0 Å². The van der Waals surface area contributed by atoms with Crippen molar-refractivity contribution in [2.45, 2.75) is 46.1 Å². The van der Waals surface area contributed by atoms with Crippen molar-refractivity contribution in [1.29, 1.82) is 0 Å². The molecule has 0 aliphatic heterocycles. The number of aromatic nitrogens is 2. The van der Waals surface area contributed by atoms with Crippen LogP contribution in [0.1, 0.15) is 50.1 Å². The molecule has 1 aliphatic rings. The largest absolute Gasteiger partial charge is 0.329 e. The van der Waals surface area contributed by atoms with Crippen LogP contribution in [0.4, 0.5) is 0 Å². The van der Waals surface area contributed by atoms with Gasteiger partial charge in [0, 0.05) is 24.9 Å². The molecule has 3 heteroatoms. The van der Waals surface area contributed by atoms with Gasteiger partial charge in [-0.3, -0.25) is 4.79 Å². The van der Waals surface area contributed by atoms with Crippen molar-refractivity contribution in [2.75, 3.05) is 0 Å². The van der Waals surface area contributed by atoms with E-state index in [1.165, 1.54) is 12.8 Å². The molecule has 0 bridgehead atoms. The molecule has 0 radical (unpaired) electrons. The summed E-state index contributed by atoms with van der Waals surface area (Å²) in [5, 5.41) is 0. The van der Waals surface area contributed by atoms with E-state index in [9.17, 15) is 4.79 Å². The van der Waals surface area contributed by atoms with E-state index in [0.717, 1.165) is 19.4 Å². The standard InChI is InChI=1S/C13H20N2O/c1-3-15-8-7-14-13(15)12(16)11-6-4-5-10(2)9-11/h7-8,10-11H,3-6,9H2,1-2H3. The number of hydrogen-bond donors (Lipinski definition) is 0. The summed E-state index contributed by atoms with van der Waals surface area (Å²) in [6.45, 7) is 5.11. The summed E-state index contributed by atoms with van der Waals surface area (Å²) in [7, 11) is 0. The number of nitrogens with zero attached hydrogens (tertiary/aromatic N) is 2. The molecule has 1 fully saturated rings. The minimum Gasteiger partial charge on any atom is -0.329 e. The van der Waals surface area contributed by atoms with Crippen LogP contribution in [0.2, 0.25) is 0 Å². The lowest BCUT2D eigenvalue weighted by molar-refractivity contribution is 0.0853. The molecule has 2 atom stereocenters. The second-order valence-corrected chi connectivity index (χ2v) is 4.87. The zero-order chi connectivity index (χ0) is 11.5. The van der Waals surface area contributed by atoms with E-state index in [2.05, 4.69) is 11.9 Å². The third-order valence-electron chi connectivity index (χ3n) is 3.58. The van der Waals surface area contributed by atoms with Gasteiger partial charge in [-0.05, 0) is 25.7 Å². The fraction of sp³-hybridized carbons (Fsp3) is 0.692. The van der Waals surface area contributed by atoms with Gasteiger partial charge in [0.1, 0.15) is 0 Å². The fourth-order valence-corrected chi connectivity index (χ4v) is 2.64. The van der Waals surface area contributed by atoms with Gasteiger partial charge in [-0.1, -0.05) is 19.8 Å². The summed E-state index contributed by atoms with van der Waals surface area (Å²) in [5.74, 6) is 1.80. The lowest BCUT2D eigenvalue weighted by atomic mass is 9.80. The Morgan fingerprint density at radius 3 is 3.06 bits per heavy atom. The van der Waals surface area contributed by atoms with Crippen molar-refractivity contribution in [2.24, 2.45) is 11.8 Å². The van der Waals surface area contributed by atoms with Gasteiger partial charge in [0.05, 0.1) is 0 Å². The van der Waals surface area contributed by atoms with Crippen molar-refractivity contribution >= 4 is 5.78 Å². The van der Waals surface area contributed by atoms with Gasteiger partial charge in [0.25, 0.3) is 0 Å². The highest BCUT2D eigenvalue weighted by Gasteiger charge is 2.28. The number of imidazole rings is 1. The van der Waals surface area contributed by atoms with Gasteiger partial charge >= 0.3 is 0 Å². The number of aryl methyl sites for hydroxylation is 1. The van der Waals surface area contributed by atoms with E-state index in [0.29, 0.717) is 11.7 Å². The van der Waals surface area contributed by atoms with Gasteiger partial charge in [-0.25, -0.2) is 4.98 Å². The van der Waals surface area contributed by atoms with E-state index in [-0.39, 0.29) is 11.7 Å². The summed E-state index contributed by atoms with van der Waals surface area (Å²) in [5.41, 5.74) is 0. The van der Waals surface area contributed by atoms with Gasteiger partial charge in [-0.2, -0.15) is 0 Å². The molecule has 1 aliphatic carbocycles. The fourth-order valence-electron chi connectivity index (χ4n) is 2.64. The topological polar surface area (TPSA) is 34.9 Å². The van der Waals surface area contributed by atoms with Crippen molar-refractivity contribution < 1.29 is 4.79 Å². The Labute approximate surface area is 96.9 Å². The van der Waals surface area contributed by atoms with Crippen molar-refractivity contribution in [1.82, 2.24) is 9.55 Å². The maximum Gasteiger partial charge on any atom is 0.201 e. The van der Waals surface area contributed by atoms with Crippen LogP contribution in [0, 0.1) is 11.8 Å². The van der Waals surface area contributed by atoms with E-state index in [4.69, 9.17) is 0 Å². The maximum absolute atomic E-state index is 12.3. The maximum atomic E-state index is 12.3. The third kappa shape index (κ3) is 2.18. The Hall–Kier alpha value is -1.12. The molecule has 0 amide bonds. The molecule has 1 saturated carbocycles. The quantitative estimate of drug-likeness (QED) is 0.734. The van der Waals surface area contributed by atoms with E-state index in [1.54, 1.807) is 6.20 Å². The monoisotopic (exact) mass is 220 g/mol. The molecule has 0 N–H and O–H groups in total. The molecule has 88 valence electrons. The number of hydrogen-bond acceptors (Lipinski definition) is 2. The van der Waals surface area contributed by atoms with Crippen molar-refractivity contribution in [3.63, 3.8) is 0 Å². The van der Waals surface area contributed by atoms with Crippen LogP contribution >= 0.6 is 0 Å². The zero-order valence-corrected chi connectivity index (χ0v) is 10.1. The predicted octanol–water partition coefficient (Wildman–Crippen LogP) is 2.91. The highest BCUT2D eigenvalue weighted by atomic mass is 16.1. The summed E-state index contributed by atoms with van der Waals surface area (Å²) >= 11 is 0. The van der Waals surface area contributed by atoms with Crippen LogP contribution in [0.25, 0.3) is 0 Å². The Morgan fingerprint density at radius 1 is 1.56 bits per heavy atom.